The van der Waals surface area contributed by atoms with Crippen molar-refractivity contribution in [2.24, 2.45) is 0 Å². The molecule has 0 aromatic heterocycles. The molecular weight excluding hydrogens is 304 g/mol. The van der Waals surface area contributed by atoms with Crippen molar-refractivity contribution >= 4 is 11.6 Å². The van der Waals surface area contributed by atoms with Gasteiger partial charge < -0.3 is 19.7 Å². The van der Waals surface area contributed by atoms with E-state index < -0.39 is 5.60 Å². The van der Waals surface area contributed by atoms with E-state index in [1.807, 2.05) is 24.3 Å². The largest absolute Gasteiger partial charge is 0.494 e. The van der Waals surface area contributed by atoms with Gasteiger partial charge in [-0.2, -0.15) is 0 Å². The Kier molecular flexibility index (Phi) is 7.06. The van der Waals surface area contributed by atoms with Crippen LogP contribution in [0.2, 0.25) is 0 Å². The predicted octanol–water partition coefficient (Wildman–Crippen LogP) is 3.30. The number of benzene rings is 1. The van der Waals surface area contributed by atoms with Crippen LogP contribution >= 0.6 is 0 Å². The number of piperidine rings is 1. The van der Waals surface area contributed by atoms with Gasteiger partial charge >= 0.3 is 0 Å². The number of hydrogen-bond donors (Lipinski definition) is 1. The Bertz CT molecular complexity index is 508. The van der Waals surface area contributed by atoms with Crippen LogP contribution in [0.25, 0.3) is 0 Å². The standard InChI is InChI=1S/C19H30N2O3/c1-19(2,23-3)18(22)20-16-8-10-17(11-9-16)24-15-7-14-21-12-5-4-6-13-21/h8-11H,4-7,12-15H2,1-3H3,(H,20,22). The number of anilines is 1. The van der Waals surface area contributed by atoms with Crippen LogP contribution in [0.4, 0.5) is 5.69 Å². The lowest BCUT2D eigenvalue weighted by Crippen LogP contribution is -2.38. The normalized spacial score (nSPS) is 16.0. The summed E-state index contributed by atoms with van der Waals surface area (Å²) >= 11 is 0. The minimum Gasteiger partial charge on any atom is -0.494 e. The molecule has 1 aliphatic heterocycles. The van der Waals surface area contributed by atoms with Crippen LogP contribution in [0.15, 0.2) is 24.3 Å². The smallest absolute Gasteiger partial charge is 0.256 e. The number of carbonyl (C=O) groups excluding carboxylic acids is 1. The van der Waals surface area contributed by atoms with Gasteiger partial charge in [-0.05, 0) is 70.5 Å². The van der Waals surface area contributed by atoms with Crippen LogP contribution in [0.3, 0.4) is 0 Å². The zero-order valence-electron chi connectivity index (χ0n) is 15.1. The van der Waals surface area contributed by atoms with Crippen molar-refractivity contribution in [1.82, 2.24) is 4.90 Å². The molecule has 0 saturated carbocycles. The van der Waals surface area contributed by atoms with Gasteiger partial charge in [-0.25, -0.2) is 0 Å². The van der Waals surface area contributed by atoms with Crippen molar-refractivity contribution in [3.05, 3.63) is 24.3 Å². The summed E-state index contributed by atoms with van der Waals surface area (Å²) in [6.45, 7) is 7.77. The van der Waals surface area contributed by atoms with Gasteiger partial charge in [-0.15, -0.1) is 0 Å². The molecule has 0 bridgehead atoms. The number of carbonyl (C=O) groups is 1. The lowest BCUT2D eigenvalue weighted by Gasteiger charge is -2.26. The number of nitrogens with one attached hydrogen (secondary N) is 1. The van der Waals surface area contributed by atoms with Gasteiger partial charge in [-0.1, -0.05) is 6.42 Å². The fourth-order valence-corrected chi connectivity index (χ4v) is 2.67. The predicted molar refractivity (Wildman–Crippen MR) is 96.6 cm³/mol. The molecule has 0 radical (unpaired) electrons. The highest BCUT2D eigenvalue weighted by molar-refractivity contribution is 5.96. The fraction of sp³-hybridized carbons (Fsp3) is 0.632. The number of methoxy groups -OCH3 is 1. The number of nitrogens with zero attached hydrogens (tertiary/aromatic N) is 1. The molecule has 5 nitrogen and oxygen atoms in total. The third-order valence-corrected chi connectivity index (χ3v) is 4.51. The Morgan fingerprint density at radius 1 is 1.17 bits per heavy atom. The summed E-state index contributed by atoms with van der Waals surface area (Å²) in [7, 11) is 1.53. The van der Waals surface area contributed by atoms with Crippen molar-refractivity contribution in [2.45, 2.75) is 45.1 Å². The summed E-state index contributed by atoms with van der Waals surface area (Å²) < 4.78 is 11.0. The minimum absolute atomic E-state index is 0.166. The second-order valence-electron chi connectivity index (χ2n) is 6.80. The van der Waals surface area contributed by atoms with Gasteiger partial charge in [-0.3, -0.25) is 4.79 Å². The highest BCUT2D eigenvalue weighted by Gasteiger charge is 2.26. The molecule has 1 heterocycles. The summed E-state index contributed by atoms with van der Waals surface area (Å²) in [5, 5.41) is 2.84. The zero-order chi connectivity index (χ0) is 17.4. The van der Waals surface area contributed by atoms with E-state index in [1.165, 1.54) is 39.5 Å². The SMILES string of the molecule is COC(C)(C)C(=O)Nc1ccc(OCCCN2CCCCC2)cc1. The number of likely N-dealkylation sites (tertiary alicyclic amines) is 1. The van der Waals surface area contributed by atoms with E-state index in [0.717, 1.165) is 31.0 Å². The fourth-order valence-electron chi connectivity index (χ4n) is 2.67. The lowest BCUT2D eigenvalue weighted by molar-refractivity contribution is -0.133. The van der Waals surface area contributed by atoms with Crippen molar-refractivity contribution < 1.29 is 14.3 Å². The first kappa shape index (κ1) is 18.7. The van der Waals surface area contributed by atoms with E-state index in [9.17, 15) is 4.79 Å². The number of amides is 1. The topological polar surface area (TPSA) is 50.8 Å². The average molecular weight is 334 g/mol. The van der Waals surface area contributed by atoms with Crippen LogP contribution in [0, 0.1) is 0 Å². The Hall–Kier alpha value is -1.59. The molecule has 5 heteroatoms. The first-order chi connectivity index (χ1) is 11.5. The van der Waals surface area contributed by atoms with E-state index in [0.29, 0.717) is 0 Å². The Balaban J connectivity index is 1.70. The van der Waals surface area contributed by atoms with Crippen LogP contribution in [-0.2, 0) is 9.53 Å². The van der Waals surface area contributed by atoms with Gasteiger partial charge in [0.15, 0.2) is 0 Å². The van der Waals surface area contributed by atoms with Crippen LogP contribution in [0.5, 0.6) is 5.75 Å². The zero-order valence-corrected chi connectivity index (χ0v) is 15.1. The molecule has 0 unspecified atom stereocenters. The molecule has 134 valence electrons. The third kappa shape index (κ3) is 5.80. The van der Waals surface area contributed by atoms with Crippen LogP contribution in [0.1, 0.15) is 39.5 Å². The summed E-state index contributed by atoms with van der Waals surface area (Å²) in [6.07, 6.45) is 5.07. The molecule has 1 fully saturated rings. The van der Waals surface area contributed by atoms with Gasteiger partial charge in [0.1, 0.15) is 11.4 Å². The summed E-state index contributed by atoms with van der Waals surface area (Å²) in [4.78, 5) is 14.6. The van der Waals surface area contributed by atoms with Crippen LogP contribution < -0.4 is 10.1 Å². The first-order valence-corrected chi connectivity index (χ1v) is 8.83. The number of hydrogen-bond acceptors (Lipinski definition) is 4. The van der Waals surface area contributed by atoms with Gasteiger partial charge in [0.05, 0.1) is 6.61 Å². The molecule has 1 N–H and O–H groups in total. The Morgan fingerprint density at radius 2 is 1.83 bits per heavy atom. The molecule has 0 spiro atoms. The van der Waals surface area contributed by atoms with Crippen molar-refractivity contribution in [1.29, 1.82) is 0 Å². The molecule has 2 rings (SSSR count). The third-order valence-electron chi connectivity index (χ3n) is 4.51. The van der Waals surface area contributed by atoms with E-state index in [4.69, 9.17) is 9.47 Å². The number of ether oxygens (including phenoxy) is 2. The van der Waals surface area contributed by atoms with Crippen LogP contribution in [-0.4, -0.2) is 49.8 Å². The van der Waals surface area contributed by atoms with Crippen molar-refractivity contribution in [3.8, 4) is 5.75 Å². The highest BCUT2D eigenvalue weighted by atomic mass is 16.5. The molecule has 1 aromatic carbocycles. The molecule has 1 aliphatic rings. The van der Waals surface area contributed by atoms with E-state index >= 15 is 0 Å². The molecule has 1 saturated heterocycles. The van der Waals surface area contributed by atoms with E-state index in [1.54, 1.807) is 13.8 Å². The number of rotatable bonds is 8. The first-order valence-electron chi connectivity index (χ1n) is 8.83. The minimum atomic E-state index is -0.844. The molecule has 1 aromatic rings. The monoisotopic (exact) mass is 334 g/mol. The quantitative estimate of drug-likeness (QED) is 0.741. The average Bonchev–Trinajstić information content (AvgIpc) is 2.61. The van der Waals surface area contributed by atoms with Gasteiger partial charge in [0, 0.05) is 19.3 Å². The highest BCUT2D eigenvalue weighted by Crippen LogP contribution is 2.18. The second-order valence-corrected chi connectivity index (χ2v) is 6.80. The lowest BCUT2D eigenvalue weighted by atomic mass is 10.1. The van der Waals surface area contributed by atoms with E-state index in [-0.39, 0.29) is 5.91 Å². The molecule has 0 aliphatic carbocycles. The molecule has 24 heavy (non-hydrogen) atoms. The maximum absolute atomic E-state index is 12.0. The van der Waals surface area contributed by atoms with Gasteiger partial charge in [0.2, 0.25) is 0 Å². The van der Waals surface area contributed by atoms with Crippen molar-refractivity contribution in [3.63, 3.8) is 0 Å². The molecular formula is C19H30N2O3. The molecule has 1 amide bonds. The van der Waals surface area contributed by atoms with E-state index in [2.05, 4.69) is 10.2 Å². The summed E-state index contributed by atoms with van der Waals surface area (Å²) in [5.74, 6) is 0.665. The second kappa shape index (κ2) is 9.04. The maximum atomic E-state index is 12.0. The Morgan fingerprint density at radius 3 is 2.46 bits per heavy atom. The summed E-state index contributed by atoms with van der Waals surface area (Å²) in [6, 6.07) is 7.47. The van der Waals surface area contributed by atoms with Crippen molar-refractivity contribution in [2.75, 3.05) is 38.7 Å². The Labute approximate surface area is 145 Å². The van der Waals surface area contributed by atoms with Gasteiger partial charge in [0.25, 0.3) is 5.91 Å². The molecule has 0 atom stereocenters. The maximum Gasteiger partial charge on any atom is 0.256 e. The summed E-state index contributed by atoms with van der Waals surface area (Å²) in [5.41, 5.74) is -0.102.